The average molecular weight is 420 g/mol. The highest BCUT2D eigenvalue weighted by molar-refractivity contribution is 14.1. The van der Waals surface area contributed by atoms with Gasteiger partial charge in [0.15, 0.2) is 0 Å². The van der Waals surface area contributed by atoms with Gasteiger partial charge in [-0.15, -0.1) is 11.8 Å². The normalized spacial score (nSPS) is 17.6. The maximum absolute atomic E-state index is 13.2. The molecule has 0 amide bonds. The van der Waals surface area contributed by atoms with Gasteiger partial charge in [-0.1, -0.05) is 11.6 Å². The molecule has 1 aliphatic rings. The van der Waals surface area contributed by atoms with Crippen molar-refractivity contribution in [1.29, 1.82) is 0 Å². The summed E-state index contributed by atoms with van der Waals surface area (Å²) >= 11 is 10.1. The molecule has 20 heavy (non-hydrogen) atoms. The maximum Gasteiger partial charge on any atom is 0.124 e. The third kappa shape index (κ3) is 3.07. The van der Waals surface area contributed by atoms with Crippen molar-refractivity contribution in [1.82, 2.24) is 0 Å². The summed E-state index contributed by atoms with van der Waals surface area (Å²) in [4.78, 5) is 1.27. The summed E-state index contributed by atoms with van der Waals surface area (Å²) < 4.78 is 14.1. The Balaban J connectivity index is 1.91. The van der Waals surface area contributed by atoms with Crippen LogP contribution in [0.5, 0.6) is 0 Å². The van der Waals surface area contributed by atoms with Crippen LogP contribution < -0.4 is 5.32 Å². The molecule has 0 saturated heterocycles. The lowest BCUT2D eigenvalue weighted by atomic mass is 10.0. The van der Waals surface area contributed by atoms with Gasteiger partial charge in [-0.2, -0.15) is 0 Å². The molecule has 1 unspecified atom stereocenters. The summed E-state index contributed by atoms with van der Waals surface area (Å²) in [6.07, 6.45) is 1.03. The van der Waals surface area contributed by atoms with Gasteiger partial charge in [-0.05, 0) is 71.0 Å². The molecule has 0 spiro atoms. The van der Waals surface area contributed by atoms with Gasteiger partial charge in [0.05, 0.1) is 6.04 Å². The van der Waals surface area contributed by atoms with E-state index in [9.17, 15) is 4.39 Å². The van der Waals surface area contributed by atoms with Crippen molar-refractivity contribution in [2.75, 3.05) is 11.1 Å². The average Bonchev–Trinajstić information content (AvgIpc) is 2.42. The first-order valence-electron chi connectivity index (χ1n) is 6.27. The highest BCUT2D eigenvalue weighted by Gasteiger charge is 2.21. The monoisotopic (exact) mass is 419 g/mol. The lowest BCUT2D eigenvalue weighted by Gasteiger charge is -2.27. The lowest BCUT2D eigenvalue weighted by Crippen LogP contribution is -2.16. The number of thioether (sulfide) groups is 1. The predicted molar refractivity (Wildman–Crippen MR) is 92.3 cm³/mol. The summed E-state index contributed by atoms with van der Waals surface area (Å²) in [5.74, 6) is 0.868. The van der Waals surface area contributed by atoms with Crippen molar-refractivity contribution in [3.8, 4) is 0 Å². The molecule has 2 aromatic carbocycles. The molecular formula is C15H12ClFINS. The maximum atomic E-state index is 13.2. The fourth-order valence-electron chi connectivity index (χ4n) is 2.31. The molecule has 1 nitrogen and oxygen atoms in total. The second-order valence-electron chi connectivity index (χ2n) is 4.64. The Morgan fingerprint density at radius 2 is 2.10 bits per heavy atom. The zero-order valence-corrected chi connectivity index (χ0v) is 14.2. The fourth-order valence-corrected chi connectivity index (χ4v) is 4.23. The minimum atomic E-state index is -0.206. The molecule has 0 saturated carbocycles. The van der Waals surface area contributed by atoms with Crippen LogP contribution in [-0.2, 0) is 0 Å². The number of hydrogen-bond donors (Lipinski definition) is 1. The number of rotatable bonds is 2. The van der Waals surface area contributed by atoms with Gasteiger partial charge >= 0.3 is 0 Å². The number of hydrogen-bond acceptors (Lipinski definition) is 2. The number of nitrogens with one attached hydrogen (secondary N) is 1. The van der Waals surface area contributed by atoms with Gasteiger partial charge in [0.25, 0.3) is 0 Å². The molecule has 1 atom stereocenters. The summed E-state index contributed by atoms with van der Waals surface area (Å²) in [7, 11) is 0. The smallest absolute Gasteiger partial charge is 0.124 e. The van der Waals surface area contributed by atoms with Crippen molar-refractivity contribution in [2.24, 2.45) is 0 Å². The number of benzene rings is 2. The largest absolute Gasteiger partial charge is 0.377 e. The lowest BCUT2D eigenvalue weighted by molar-refractivity contribution is 0.626. The molecule has 1 N–H and O–H groups in total. The van der Waals surface area contributed by atoms with E-state index >= 15 is 0 Å². The van der Waals surface area contributed by atoms with Crippen LogP contribution in [0.1, 0.15) is 18.0 Å². The number of anilines is 1. The second kappa shape index (κ2) is 6.12. The Kier molecular flexibility index (Phi) is 4.43. The Morgan fingerprint density at radius 3 is 2.90 bits per heavy atom. The van der Waals surface area contributed by atoms with Gasteiger partial charge in [0.1, 0.15) is 5.82 Å². The minimum Gasteiger partial charge on any atom is -0.377 e. The molecule has 1 heterocycles. The molecular weight excluding hydrogens is 408 g/mol. The van der Waals surface area contributed by atoms with E-state index in [0.717, 1.165) is 26.5 Å². The Morgan fingerprint density at radius 1 is 1.25 bits per heavy atom. The van der Waals surface area contributed by atoms with Crippen LogP contribution in [0, 0.1) is 9.39 Å². The van der Waals surface area contributed by atoms with Crippen LogP contribution in [0.25, 0.3) is 0 Å². The van der Waals surface area contributed by atoms with Crippen LogP contribution in [0.4, 0.5) is 10.1 Å². The first-order chi connectivity index (χ1) is 9.63. The van der Waals surface area contributed by atoms with Gasteiger partial charge in [0.2, 0.25) is 0 Å². The highest BCUT2D eigenvalue weighted by atomic mass is 127. The Hall–Kier alpha value is -0.460. The fraction of sp³-hybridized carbons (Fsp3) is 0.200. The summed E-state index contributed by atoms with van der Waals surface area (Å²) in [6.45, 7) is 0. The summed E-state index contributed by atoms with van der Waals surface area (Å²) in [6, 6.07) is 11.1. The molecule has 0 aromatic heterocycles. The van der Waals surface area contributed by atoms with Crippen LogP contribution in [-0.4, -0.2) is 5.75 Å². The number of fused-ring (bicyclic) bond motifs is 1. The van der Waals surface area contributed by atoms with Crippen LogP contribution >= 0.6 is 46.0 Å². The number of halogens is 3. The summed E-state index contributed by atoms with van der Waals surface area (Å²) in [5.41, 5.74) is 2.20. The Labute approximate surface area is 140 Å². The van der Waals surface area contributed by atoms with Crippen molar-refractivity contribution >= 4 is 51.6 Å². The van der Waals surface area contributed by atoms with Crippen LogP contribution in [0.15, 0.2) is 41.3 Å². The zero-order valence-electron chi connectivity index (χ0n) is 10.5. The van der Waals surface area contributed by atoms with E-state index < -0.39 is 0 Å². The molecule has 0 aliphatic carbocycles. The second-order valence-corrected chi connectivity index (χ2v) is 7.38. The Bertz CT molecular complexity index is 650. The van der Waals surface area contributed by atoms with Gasteiger partial charge in [0, 0.05) is 24.9 Å². The first-order valence-corrected chi connectivity index (χ1v) is 8.71. The molecule has 104 valence electrons. The van der Waals surface area contributed by atoms with Crippen LogP contribution in [0.2, 0.25) is 5.02 Å². The van der Waals surface area contributed by atoms with Crippen molar-refractivity contribution in [3.63, 3.8) is 0 Å². The molecule has 3 rings (SSSR count). The first kappa shape index (κ1) is 14.5. The molecule has 0 radical (unpaired) electrons. The van der Waals surface area contributed by atoms with E-state index in [-0.39, 0.29) is 11.9 Å². The molecule has 0 bridgehead atoms. The minimum absolute atomic E-state index is 0.206. The van der Waals surface area contributed by atoms with E-state index in [4.69, 9.17) is 11.6 Å². The van der Waals surface area contributed by atoms with Gasteiger partial charge < -0.3 is 5.32 Å². The zero-order chi connectivity index (χ0) is 14.1. The van der Waals surface area contributed by atoms with Crippen molar-refractivity contribution < 1.29 is 4.39 Å². The molecule has 5 heteroatoms. The van der Waals surface area contributed by atoms with Crippen LogP contribution in [0.3, 0.4) is 0 Å². The third-order valence-corrected chi connectivity index (χ3v) is 5.52. The van der Waals surface area contributed by atoms with Crippen molar-refractivity contribution in [3.05, 3.63) is 56.4 Å². The predicted octanol–water partition coefficient (Wildman–Crippen LogP) is 5.73. The van der Waals surface area contributed by atoms with E-state index in [0.29, 0.717) is 0 Å². The quantitative estimate of drug-likeness (QED) is 0.624. The van der Waals surface area contributed by atoms with E-state index in [2.05, 4.69) is 34.0 Å². The molecule has 1 aliphatic heterocycles. The van der Waals surface area contributed by atoms with Gasteiger partial charge in [-0.3, -0.25) is 0 Å². The van der Waals surface area contributed by atoms with Crippen molar-refractivity contribution in [2.45, 2.75) is 17.4 Å². The highest BCUT2D eigenvalue weighted by Crippen LogP contribution is 2.39. The van der Waals surface area contributed by atoms with E-state index in [1.807, 2.05) is 23.9 Å². The molecule has 0 fully saturated rings. The van der Waals surface area contributed by atoms with E-state index in [1.54, 1.807) is 12.1 Å². The van der Waals surface area contributed by atoms with Gasteiger partial charge in [-0.25, -0.2) is 4.39 Å². The summed E-state index contributed by atoms with van der Waals surface area (Å²) in [5, 5.41) is 4.27. The topological polar surface area (TPSA) is 12.0 Å². The SMILES string of the molecule is Fc1ccc(NC2CCSc3ccc(Cl)cc32)c(I)c1. The molecule has 2 aromatic rings. The standard InChI is InChI=1S/C15H12ClFINS/c16-9-1-4-15-11(7-9)13(5-6-20-15)19-14-3-2-10(17)8-12(14)18/h1-4,7-8,13,19H,5-6H2. The third-order valence-electron chi connectivity index (χ3n) is 3.27. The van der Waals surface area contributed by atoms with E-state index in [1.165, 1.54) is 16.5 Å².